The lowest BCUT2D eigenvalue weighted by atomic mass is 10.2. The first kappa shape index (κ1) is 23.3. The van der Waals surface area contributed by atoms with E-state index in [4.69, 9.17) is 0 Å². The van der Waals surface area contributed by atoms with Crippen molar-refractivity contribution in [3.63, 3.8) is 0 Å². The standard InChI is InChI=1S/C20H20N2O6S2/c1-27-17(23)11-21-19(25)13-7-3-5-9-15(13)29-30-16-10-6-4-8-14(16)20(26)22-12-18(24)28-2/h3-10H,11-12H2,1-2H3,(H,21,25)(H,22,26). The van der Waals surface area contributed by atoms with E-state index in [1.807, 2.05) is 0 Å². The summed E-state index contributed by atoms with van der Waals surface area (Å²) < 4.78 is 9.04. The third-order valence-electron chi connectivity index (χ3n) is 3.73. The molecular weight excluding hydrogens is 428 g/mol. The van der Waals surface area contributed by atoms with Crippen LogP contribution >= 0.6 is 21.6 Å². The Hall–Kier alpha value is -2.98. The monoisotopic (exact) mass is 448 g/mol. The van der Waals surface area contributed by atoms with Crippen molar-refractivity contribution in [2.45, 2.75) is 9.79 Å². The number of esters is 2. The highest BCUT2D eigenvalue weighted by Gasteiger charge is 2.16. The van der Waals surface area contributed by atoms with Crippen LogP contribution in [-0.4, -0.2) is 51.1 Å². The second-order valence-corrected chi connectivity index (χ2v) is 7.89. The molecule has 0 saturated heterocycles. The third-order valence-corrected chi connectivity index (χ3v) is 6.21. The average Bonchev–Trinajstić information content (AvgIpc) is 2.79. The molecule has 0 radical (unpaired) electrons. The summed E-state index contributed by atoms with van der Waals surface area (Å²) in [5, 5.41) is 5.01. The van der Waals surface area contributed by atoms with Gasteiger partial charge in [-0.3, -0.25) is 19.2 Å². The maximum absolute atomic E-state index is 12.4. The largest absolute Gasteiger partial charge is 0.468 e. The summed E-state index contributed by atoms with van der Waals surface area (Å²) in [6.45, 7) is -0.463. The summed E-state index contributed by atoms with van der Waals surface area (Å²) in [4.78, 5) is 48.6. The van der Waals surface area contributed by atoms with E-state index in [1.165, 1.54) is 35.8 Å². The topological polar surface area (TPSA) is 111 Å². The van der Waals surface area contributed by atoms with Crippen LogP contribution in [-0.2, 0) is 19.1 Å². The van der Waals surface area contributed by atoms with Crippen molar-refractivity contribution < 1.29 is 28.7 Å². The minimum Gasteiger partial charge on any atom is -0.468 e. The van der Waals surface area contributed by atoms with Crippen molar-refractivity contribution in [3.05, 3.63) is 59.7 Å². The molecule has 2 amide bonds. The molecule has 2 aromatic rings. The smallest absolute Gasteiger partial charge is 0.325 e. The van der Waals surface area contributed by atoms with Crippen LogP contribution in [0.15, 0.2) is 58.3 Å². The van der Waals surface area contributed by atoms with E-state index < -0.39 is 23.8 Å². The molecule has 0 unspecified atom stereocenters. The summed E-state index contributed by atoms with van der Waals surface area (Å²) >= 11 is 0. The molecule has 0 aliphatic rings. The van der Waals surface area contributed by atoms with Crippen molar-refractivity contribution in [1.29, 1.82) is 0 Å². The number of benzene rings is 2. The number of hydrogen-bond donors (Lipinski definition) is 2. The van der Waals surface area contributed by atoms with Crippen LogP contribution < -0.4 is 10.6 Å². The molecule has 2 N–H and O–H groups in total. The maximum Gasteiger partial charge on any atom is 0.325 e. The molecule has 10 heteroatoms. The summed E-state index contributed by atoms with van der Waals surface area (Å²) in [6, 6.07) is 13.8. The van der Waals surface area contributed by atoms with Crippen LogP contribution in [0.5, 0.6) is 0 Å². The maximum atomic E-state index is 12.4. The molecule has 30 heavy (non-hydrogen) atoms. The van der Waals surface area contributed by atoms with E-state index in [0.29, 0.717) is 20.9 Å². The Morgan fingerprint density at radius 3 is 1.43 bits per heavy atom. The van der Waals surface area contributed by atoms with Gasteiger partial charge in [0.15, 0.2) is 0 Å². The second-order valence-electron chi connectivity index (χ2n) is 5.68. The SMILES string of the molecule is COC(=O)CNC(=O)c1ccccc1SSc1ccccc1C(=O)NCC(=O)OC. The summed E-state index contributed by atoms with van der Waals surface area (Å²) in [7, 11) is 5.08. The fraction of sp³-hybridized carbons (Fsp3) is 0.200. The number of rotatable bonds is 9. The number of nitrogens with one attached hydrogen (secondary N) is 2. The fourth-order valence-corrected chi connectivity index (χ4v) is 4.54. The van der Waals surface area contributed by atoms with Gasteiger partial charge >= 0.3 is 11.9 Å². The van der Waals surface area contributed by atoms with Gasteiger partial charge in [-0.25, -0.2) is 0 Å². The van der Waals surface area contributed by atoms with Crippen LogP contribution in [0.4, 0.5) is 0 Å². The summed E-state index contributed by atoms with van der Waals surface area (Å²) in [6.07, 6.45) is 0. The van der Waals surface area contributed by atoms with Gasteiger partial charge < -0.3 is 20.1 Å². The van der Waals surface area contributed by atoms with E-state index in [1.54, 1.807) is 48.5 Å². The van der Waals surface area contributed by atoms with E-state index in [0.717, 1.165) is 0 Å². The Labute approximate surface area is 181 Å². The minimum absolute atomic E-state index is 0.231. The molecule has 0 atom stereocenters. The van der Waals surface area contributed by atoms with Gasteiger partial charge in [-0.2, -0.15) is 0 Å². The van der Waals surface area contributed by atoms with Gasteiger partial charge in [0.05, 0.1) is 25.3 Å². The molecular formula is C20H20N2O6S2. The van der Waals surface area contributed by atoms with Crippen LogP contribution in [0.3, 0.4) is 0 Å². The first-order chi connectivity index (χ1) is 14.5. The van der Waals surface area contributed by atoms with Crippen molar-refractivity contribution >= 4 is 45.3 Å². The zero-order chi connectivity index (χ0) is 21.9. The van der Waals surface area contributed by atoms with E-state index in [-0.39, 0.29) is 13.1 Å². The molecule has 0 heterocycles. The predicted octanol–water partition coefficient (Wildman–Crippen LogP) is 2.29. The van der Waals surface area contributed by atoms with Gasteiger partial charge in [-0.15, -0.1) is 0 Å². The minimum atomic E-state index is -0.547. The highest BCUT2D eigenvalue weighted by atomic mass is 33.1. The van der Waals surface area contributed by atoms with E-state index in [2.05, 4.69) is 20.1 Å². The molecule has 158 valence electrons. The fourth-order valence-electron chi connectivity index (χ4n) is 2.18. The van der Waals surface area contributed by atoms with Gasteiger partial charge in [0, 0.05) is 9.79 Å². The molecule has 0 spiro atoms. The highest BCUT2D eigenvalue weighted by molar-refractivity contribution is 8.76. The number of carbonyl (C=O) groups excluding carboxylic acids is 4. The lowest BCUT2D eigenvalue weighted by Crippen LogP contribution is -2.30. The highest BCUT2D eigenvalue weighted by Crippen LogP contribution is 2.40. The molecule has 0 aromatic heterocycles. The number of carbonyl (C=O) groups is 4. The second kappa shape index (κ2) is 11.9. The number of ether oxygens (including phenoxy) is 2. The van der Waals surface area contributed by atoms with Crippen molar-refractivity contribution in [3.8, 4) is 0 Å². The molecule has 0 saturated carbocycles. The van der Waals surface area contributed by atoms with Crippen LogP contribution in [0.1, 0.15) is 20.7 Å². The quantitative estimate of drug-likeness (QED) is 0.444. The van der Waals surface area contributed by atoms with Gasteiger partial charge in [-0.05, 0) is 24.3 Å². The van der Waals surface area contributed by atoms with Crippen molar-refractivity contribution in [2.75, 3.05) is 27.3 Å². The number of amides is 2. The predicted molar refractivity (Wildman–Crippen MR) is 113 cm³/mol. The summed E-state index contributed by atoms with van der Waals surface area (Å²) in [5.41, 5.74) is 0.790. The molecule has 2 rings (SSSR count). The van der Waals surface area contributed by atoms with Gasteiger partial charge in [0.1, 0.15) is 13.1 Å². The molecule has 0 fully saturated rings. The molecule has 0 aliphatic heterocycles. The van der Waals surface area contributed by atoms with Crippen molar-refractivity contribution in [1.82, 2.24) is 10.6 Å². The molecule has 0 aliphatic carbocycles. The Kier molecular flexibility index (Phi) is 9.23. The van der Waals surface area contributed by atoms with Crippen LogP contribution in [0.2, 0.25) is 0 Å². The van der Waals surface area contributed by atoms with Crippen LogP contribution in [0.25, 0.3) is 0 Å². The van der Waals surface area contributed by atoms with Gasteiger partial charge in [0.25, 0.3) is 11.8 Å². The molecule has 8 nitrogen and oxygen atoms in total. The van der Waals surface area contributed by atoms with Crippen LogP contribution in [0, 0.1) is 0 Å². The van der Waals surface area contributed by atoms with Crippen molar-refractivity contribution in [2.24, 2.45) is 0 Å². The Bertz CT molecular complexity index is 860. The lowest BCUT2D eigenvalue weighted by Gasteiger charge is -2.11. The average molecular weight is 449 g/mol. The van der Waals surface area contributed by atoms with Gasteiger partial charge in [0.2, 0.25) is 0 Å². The molecule has 2 aromatic carbocycles. The zero-order valence-corrected chi connectivity index (χ0v) is 17.9. The Morgan fingerprint density at radius 2 is 1.07 bits per heavy atom. The summed E-state index contributed by atoms with van der Waals surface area (Å²) in [5.74, 6) is -1.91. The Balaban J connectivity index is 2.09. The third kappa shape index (κ3) is 6.82. The lowest BCUT2D eigenvalue weighted by molar-refractivity contribution is -0.140. The number of hydrogen-bond acceptors (Lipinski definition) is 8. The van der Waals surface area contributed by atoms with E-state index in [9.17, 15) is 19.2 Å². The van der Waals surface area contributed by atoms with Gasteiger partial charge in [-0.1, -0.05) is 45.9 Å². The molecule has 0 bridgehead atoms. The number of methoxy groups -OCH3 is 2. The normalized spacial score (nSPS) is 10.1. The van der Waals surface area contributed by atoms with E-state index >= 15 is 0 Å². The zero-order valence-electron chi connectivity index (χ0n) is 16.3. The first-order valence-corrected chi connectivity index (χ1v) is 10.8. The Morgan fingerprint density at radius 1 is 0.700 bits per heavy atom. The first-order valence-electron chi connectivity index (χ1n) is 8.69.